The lowest BCUT2D eigenvalue weighted by atomic mass is 10.1. The van der Waals surface area contributed by atoms with E-state index in [9.17, 15) is 4.79 Å². The first kappa shape index (κ1) is 15.7. The van der Waals surface area contributed by atoms with Gasteiger partial charge in [0.1, 0.15) is 0 Å². The van der Waals surface area contributed by atoms with Gasteiger partial charge < -0.3 is 4.74 Å². The fraction of sp³-hybridized carbons (Fsp3) is 0.176. The number of hydrogen-bond acceptors (Lipinski definition) is 4. The first-order chi connectivity index (χ1) is 11.6. The van der Waals surface area contributed by atoms with Crippen LogP contribution in [-0.2, 0) is 11.2 Å². The summed E-state index contributed by atoms with van der Waals surface area (Å²) < 4.78 is 6.89. The number of fused-ring (bicyclic) bond motifs is 3. The van der Waals surface area contributed by atoms with Crippen molar-refractivity contribution in [2.45, 2.75) is 13.3 Å². The van der Waals surface area contributed by atoms with Crippen LogP contribution in [0.2, 0.25) is 10.0 Å². The molecule has 2 heterocycles. The largest absolute Gasteiger partial charge is 0.461 e. The van der Waals surface area contributed by atoms with E-state index >= 15 is 0 Å². The van der Waals surface area contributed by atoms with E-state index in [1.165, 1.54) is 5.56 Å². The fourth-order valence-corrected chi connectivity index (χ4v) is 4.38. The van der Waals surface area contributed by atoms with E-state index < -0.39 is 5.97 Å². The van der Waals surface area contributed by atoms with Crippen molar-refractivity contribution in [1.29, 1.82) is 0 Å². The van der Waals surface area contributed by atoms with Gasteiger partial charge in [-0.15, -0.1) is 11.3 Å². The lowest BCUT2D eigenvalue weighted by molar-refractivity contribution is 0.0518. The minimum Gasteiger partial charge on any atom is -0.461 e. The predicted molar refractivity (Wildman–Crippen MR) is 95.7 cm³/mol. The molecule has 4 nitrogen and oxygen atoms in total. The number of aromatic nitrogens is 2. The van der Waals surface area contributed by atoms with Crippen molar-refractivity contribution in [3.05, 3.63) is 56.5 Å². The third-order valence-electron chi connectivity index (χ3n) is 3.92. The maximum atomic E-state index is 12.3. The number of esters is 1. The van der Waals surface area contributed by atoms with E-state index in [0.29, 0.717) is 34.5 Å². The Morgan fingerprint density at radius 1 is 1.38 bits per heavy atom. The van der Waals surface area contributed by atoms with E-state index in [4.69, 9.17) is 27.9 Å². The fourth-order valence-electron chi connectivity index (χ4n) is 2.91. The Kier molecular flexibility index (Phi) is 3.87. The number of rotatable bonds is 3. The first-order valence-electron chi connectivity index (χ1n) is 7.41. The van der Waals surface area contributed by atoms with Gasteiger partial charge in [0.25, 0.3) is 0 Å². The highest BCUT2D eigenvalue weighted by Crippen LogP contribution is 2.44. The van der Waals surface area contributed by atoms with Crippen LogP contribution in [0.25, 0.3) is 16.3 Å². The quantitative estimate of drug-likeness (QED) is 0.471. The zero-order chi connectivity index (χ0) is 16.8. The van der Waals surface area contributed by atoms with Crippen LogP contribution >= 0.6 is 34.5 Å². The highest BCUT2D eigenvalue weighted by molar-refractivity contribution is 7.13. The Labute approximate surface area is 152 Å². The second-order valence-electron chi connectivity index (χ2n) is 5.36. The molecule has 0 unspecified atom stereocenters. The lowest BCUT2D eigenvalue weighted by Crippen LogP contribution is -2.09. The predicted octanol–water partition coefficient (Wildman–Crippen LogP) is 4.99. The molecule has 0 aliphatic heterocycles. The van der Waals surface area contributed by atoms with Gasteiger partial charge in [-0.3, -0.25) is 0 Å². The second-order valence-corrected chi connectivity index (χ2v) is 7.12. The molecule has 0 spiro atoms. The average Bonchev–Trinajstić information content (AvgIpc) is 3.18. The van der Waals surface area contributed by atoms with E-state index in [2.05, 4.69) is 11.2 Å². The van der Waals surface area contributed by atoms with Crippen LogP contribution < -0.4 is 0 Å². The molecule has 122 valence electrons. The average molecular weight is 379 g/mol. The van der Waals surface area contributed by atoms with Crippen molar-refractivity contribution in [2.24, 2.45) is 0 Å². The Balaban J connectivity index is 1.95. The molecular formula is C17H12Cl2N2O2S. The van der Waals surface area contributed by atoms with Crippen molar-refractivity contribution in [3.63, 3.8) is 0 Å². The van der Waals surface area contributed by atoms with E-state index in [1.54, 1.807) is 41.1 Å². The van der Waals surface area contributed by atoms with Crippen molar-refractivity contribution in [1.82, 2.24) is 9.78 Å². The minimum atomic E-state index is -0.410. The Bertz CT molecular complexity index is 962. The molecule has 0 N–H and O–H groups in total. The Morgan fingerprint density at radius 2 is 2.21 bits per heavy atom. The standard InChI is InChI=1S/C17H12Cl2N2O2S/c1-2-23-17(22)14-11-7-9-5-6-24-16(9)15(11)21(20-14)13-4-3-10(18)8-12(13)19/h3-6,8H,2,7H2,1H3. The van der Waals surface area contributed by atoms with Crippen LogP contribution in [0, 0.1) is 0 Å². The Hall–Kier alpha value is -1.82. The molecule has 1 aromatic carbocycles. The number of carbonyl (C=O) groups is 1. The van der Waals surface area contributed by atoms with Crippen LogP contribution in [0.1, 0.15) is 28.5 Å². The van der Waals surface area contributed by atoms with Gasteiger partial charge in [0.2, 0.25) is 0 Å². The minimum absolute atomic E-state index is 0.309. The summed E-state index contributed by atoms with van der Waals surface area (Å²) in [4.78, 5) is 13.4. The van der Waals surface area contributed by atoms with Gasteiger partial charge in [-0.2, -0.15) is 5.10 Å². The molecular weight excluding hydrogens is 367 g/mol. The van der Waals surface area contributed by atoms with Crippen LogP contribution in [0.3, 0.4) is 0 Å². The summed E-state index contributed by atoms with van der Waals surface area (Å²) in [6, 6.07) is 7.30. The van der Waals surface area contributed by atoms with Crippen LogP contribution in [-0.4, -0.2) is 22.4 Å². The molecule has 0 saturated heterocycles. The summed E-state index contributed by atoms with van der Waals surface area (Å²) >= 11 is 14.0. The summed E-state index contributed by atoms with van der Waals surface area (Å²) in [7, 11) is 0. The summed E-state index contributed by atoms with van der Waals surface area (Å²) in [5, 5.41) is 7.58. The van der Waals surface area contributed by atoms with Crippen molar-refractivity contribution in [2.75, 3.05) is 6.61 Å². The van der Waals surface area contributed by atoms with Crippen molar-refractivity contribution >= 4 is 40.5 Å². The number of halogens is 2. The van der Waals surface area contributed by atoms with Gasteiger partial charge in [0.15, 0.2) is 5.69 Å². The summed E-state index contributed by atoms with van der Waals surface area (Å²) in [6.07, 6.45) is 0.674. The summed E-state index contributed by atoms with van der Waals surface area (Å²) in [6.45, 7) is 2.09. The molecule has 0 fully saturated rings. The van der Waals surface area contributed by atoms with E-state index in [-0.39, 0.29) is 0 Å². The monoisotopic (exact) mass is 378 g/mol. The molecule has 0 atom stereocenters. The third-order valence-corrected chi connectivity index (χ3v) is 5.42. The van der Waals surface area contributed by atoms with Gasteiger partial charge in [0.05, 0.1) is 27.9 Å². The van der Waals surface area contributed by atoms with Crippen LogP contribution in [0.15, 0.2) is 29.6 Å². The van der Waals surface area contributed by atoms with E-state index in [1.807, 2.05) is 5.38 Å². The normalized spacial score (nSPS) is 12.1. The summed E-state index contributed by atoms with van der Waals surface area (Å²) in [5.74, 6) is -0.410. The van der Waals surface area contributed by atoms with Gasteiger partial charge in [-0.05, 0) is 42.1 Å². The number of thiophene rings is 1. The van der Waals surface area contributed by atoms with Gasteiger partial charge in [-0.1, -0.05) is 23.2 Å². The SMILES string of the molecule is CCOC(=O)c1nn(-c2ccc(Cl)cc2Cl)c2c1Cc1ccsc1-2. The number of benzene rings is 1. The van der Waals surface area contributed by atoms with Gasteiger partial charge in [0, 0.05) is 17.0 Å². The number of hydrogen-bond donors (Lipinski definition) is 0. The van der Waals surface area contributed by atoms with Crippen molar-refractivity contribution < 1.29 is 9.53 Å². The first-order valence-corrected chi connectivity index (χ1v) is 9.05. The number of carbonyl (C=O) groups excluding carboxylic acids is 1. The lowest BCUT2D eigenvalue weighted by Gasteiger charge is -2.08. The molecule has 0 bridgehead atoms. The van der Waals surface area contributed by atoms with Crippen LogP contribution in [0.4, 0.5) is 0 Å². The number of nitrogens with zero attached hydrogens (tertiary/aromatic N) is 2. The smallest absolute Gasteiger partial charge is 0.359 e. The van der Waals surface area contributed by atoms with Gasteiger partial charge in [-0.25, -0.2) is 9.48 Å². The molecule has 0 radical (unpaired) electrons. The van der Waals surface area contributed by atoms with Gasteiger partial charge >= 0.3 is 5.97 Å². The molecule has 2 aromatic heterocycles. The van der Waals surface area contributed by atoms with Crippen LogP contribution in [0.5, 0.6) is 0 Å². The molecule has 24 heavy (non-hydrogen) atoms. The maximum absolute atomic E-state index is 12.3. The molecule has 7 heteroatoms. The highest BCUT2D eigenvalue weighted by atomic mass is 35.5. The third kappa shape index (κ3) is 2.35. The molecule has 0 amide bonds. The summed E-state index contributed by atoms with van der Waals surface area (Å²) in [5.41, 5.74) is 4.03. The zero-order valence-electron chi connectivity index (χ0n) is 12.7. The molecule has 1 aliphatic rings. The highest BCUT2D eigenvalue weighted by Gasteiger charge is 2.32. The number of ether oxygens (including phenoxy) is 1. The second kappa shape index (κ2) is 5.92. The molecule has 3 aromatic rings. The molecule has 1 aliphatic carbocycles. The van der Waals surface area contributed by atoms with E-state index in [0.717, 1.165) is 16.1 Å². The topological polar surface area (TPSA) is 44.1 Å². The maximum Gasteiger partial charge on any atom is 0.359 e. The molecule has 0 saturated carbocycles. The Morgan fingerprint density at radius 3 is 2.96 bits per heavy atom. The molecule has 4 rings (SSSR count). The zero-order valence-corrected chi connectivity index (χ0v) is 15.0. The van der Waals surface area contributed by atoms with Crippen molar-refractivity contribution in [3.8, 4) is 16.3 Å².